The van der Waals surface area contributed by atoms with E-state index in [0.29, 0.717) is 45.0 Å². The molecule has 3 aromatic rings. The first-order valence-electron chi connectivity index (χ1n) is 12.8. The highest BCUT2D eigenvalue weighted by molar-refractivity contribution is 6.39. The Morgan fingerprint density at radius 1 is 1.03 bits per heavy atom. The number of likely N-dealkylation sites (N-methyl/N-ethyl adjacent to an activating group) is 1. The third-order valence-corrected chi connectivity index (χ3v) is 7.30. The minimum absolute atomic E-state index is 0.283. The van der Waals surface area contributed by atoms with E-state index < -0.39 is 0 Å². The van der Waals surface area contributed by atoms with Crippen LogP contribution in [0.5, 0.6) is 11.5 Å². The molecule has 0 saturated carbocycles. The summed E-state index contributed by atoms with van der Waals surface area (Å²) in [4.78, 5) is 24.4. The van der Waals surface area contributed by atoms with Gasteiger partial charge in [0.25, 0.3) is 5.56 Å². The van der Waals surface area contributed by atoms with Crippen LogP contribution in [-0.2, 0) is 0 Å². The second-order valence-electron chi connectivity index (χ2n) is 9.43. The van der Waals surface area contributed by atoms with Gasteiger partial charge in [-0.05, 0) is 38.6 Å². The van der Waals surface area contributed by atoms with E-state index >= 15 is 0 Å². The molecule has 1 aliphatic rings. The highest BCUT2D eigenvalue weighted by Crippen LogP contribution is 2.39. The minimum atomic E-state index is -0.283. The highest BCUT2D eigenvalue weighted by atomic mass is 35.5. The summed E-state index contributed by atoms with van der Waals surface area (Å²) < 4.78 is 11.7. The van der Waals surface area contributed by atoms with Crippen molar-refractivity contribution < 1.29 is 9.47 Å². The number of pyridine rings is 2. The Balaban J connectivity index is 1.36. The molecule has 2 N–H and O–H groups in total. The van der Waals surface area contributed by atoms with Crippen LogP contribution in [0.1, 0.15) is 32.1 Å². The largest absolute Gasteiger partial charge is 0.493 e. The Bertz CT molecular complexity index is 1220. The van der Waals surface area contributed by atoms with Gasteiger partial charge in [-0.1, -0.05) is 42.5 Å². The molecule has 8 nitrogen and oxygen atoms in total. The fraction of sp³-hybridized carbons (Fsp3) is 0.481. The molecule has 37 heavy (non-hydrogen) atoms. The second kappa shape index (κ2) is 13.3. The molecule has 10 heteroatoms. The van der Waals surface area contributed by atoms with Crippen molar-refractivity contribution in [3.05, 3.63) is 51.0 Å². The summed E-state index contributed by atoms with van der Waals surface area (Å²) in [6.45, 7) is 6.43. The van der Waals surface area contributed by atoms with Crippen molar-refractivity contribution in [3.63, 3.8) is 0 Å². The van der Waals surface area contributed by atoms with Crippen LogP contribution in [-0.4, -0.2) is 73.3 Å². The maximum Gasteiger partial charge on any atom is 0.250 e. The van der Waals surface area contributed by atoms with Crippen LogP contribution in [0, 0.1) is 0 Å². The lowest BCUT2D eigenvalue weighted by atomic mass is 10.1. The molecule has 3 heterocycles. The van der Waals surface area contributed by atoms with Crippen molar-refractivity contribution >= 4 is 45.5 Å². The topological polar surface area (TPSA) is 82.7 Å². The van der Waals surface area contributed by atoms with Crippen LogP contribution >= 0.6 is 23.2 Å². The van der Waals surface area contributed by atoms with Crippen LogP contribution in [0.15, 0.2) is 35.4 Å². The van der Waals surface area contributed by atoms with Gasteiger partial charge in [-0.3, -0.25) is 9.78 Å². The fourth-order valence-corrected chi connectivity index (χ4v) is 5.03. The standard InChI is InChI=1S/C27H35Cl2N5O3/c1-33-11-13-34(14-12-33)10-6-4-3-5-7-15-37-27-23(36-2)9-8-19-22(16-24(35)32-25(19)27)31-26-20(28)17-30-18-21(26)29/h8-9,16-18H,3-7,10-15H2,1-2H3,(H2,30,31,32,35). The molecule has 0 aliphatic carbocycles. The molecular weight excluding hydrogens is 513 g/mol. The number of unbranched alkanes of at least 4 members (excludes halogenated alkanes) is 4. The molecule has 0 spiro atoms. The number of hydrogen-bond acceptors (Lipinski definition) is 7. The first-order valence-corrected chi connectivity index (χ1v) is 13.6. The maximum atomic E-state index is 12.5. The van der Waals surface area contributed by atoms with Crippen LogP contribution in [0.4, 0.5) is 11.4 Å². The molecule has 0 amide bonds. The fourth-order valence-electron chi connectivity index (χ4n) is 4.57. The van der Waals surface area contributed by atoms with Crippen molar-refractivity contribution in [1.82, 2.24) is 19.8 Å². The predicted octanol–water partition coefficient (Wildman–Crippen LogP) is 5.56. The number of piperazine rings is 1. The van der Waals surface area contributed by atoms with E-state index in [9.17, 15) is 4.79 Å². The number of methoxy groups -OCH3 is 1. The van der Waals surface area contributed by atoms with Gasteiger partial charge in [-0.25, -0.2) is 0 Å². The third kappa shape index (κ3) is 7.29. The van der Waals surface area contributed by atoms with Gasteiger partial charge in [-0.15, -0.1) is 0 Å². The monoisotopic (exact) mass is 547 g/mol. The summed E-state index contributed by atoms with van der Waals surface area (Å²) in [7, 11) is 3.78. The summed E-state index contributed by atoms with van der Waals surface area (Å²) in [5.74, 6) is 1.08. The molecule has 200 valence electrons. The molecular formula is C27H35Cl2N5O3. The van der Waals surface area contributed by atoms with E-state index in [2.05, 4.69) is 32.1 Å². The molecule has 4 rings (SSSR count). The Morgan fingerprint density at radius 3 is 2.46 bits per heavy atom. The predicted molar refractivity (Wildman–Crippen MR) is 151 cm³/mol. The molecule has 0 unspecified atom stereocenters. The van der Waals surface area contributed by atoms with Gasteiger partial charge in [0.1, 0.15) is 0 Å². The molecule has 0 bridgehead atoms. The average Bonchev–Trinajstić information content (AvgIpc) is 2.88. The number of halogens is 2. The van der Waals surface area contributed by atoms with Crippen LogP contribution in [0.25, 0.3) is 10.9 Å². The quantitative estimate of drug-likeness (QED) is 0.287. The summed E-state index contributed by atoms with van der Waals surface area (Å²) >= 11 is 12.6. The van der Waals surface area contributed by atoms with Crippen LogP contribution in [0.3, 0.4) is 0 Å². The Hall–Kier alpha value is -2.52. The van der Waals surface area contributed by atoms with Crippen molar-refractivity contribution in [2.45, 2.75) is 32.1 Å². The normalized spacial score (nSPS) is 14.7. The smallest absolute Gasteiger partial charge is 0.250 e. The van der Waals surface area contributed by atoms with Gasteiger partial charge in [-0.2, -0.15) is 0 Å². The van der Waals surface area contributed by atoms with E-state index in [-0.39, 0.29) is 5.56 Å². The van der Waals surface area contributed by atoms with Gasteiger partial charge in [0, 0.05) is 50.0 Å². The van der Waals surface area contributed by atoms with Crippen molar-refractivity contribution in [2.75, 3.05) is 58.8 Å². The number of anilines is 2. The lowest BCUT2D eigenvalue weighted by Gasteiger charge is -2.32. The number of fused-ring (bicyclic) bond motifs is 1. The summed E-state index contributed by atoms with van der Waals surface area (Å²) in [5.41, 5.74) is 1.32. The highest BCUT2D eigenvalue weighted by Gasteiger charge is 2.16. The average molecular weight is 549 g/mol. The SMILES string of the molecule is COc1ccc2c(Nc3c(Cl)cncc3Cl)cc(=O)[nH]c2c1OCCCCCCCN1CCN(C)CC1. The molecule has 1 fully saturated rings. The molecule has 0 radical (unpaired) electrons. The molecule has 2 aromatic heterocycles. The number of H-pyrrole nitrogens is 1. The number of aromatic amines is 1. The van der Waals surface area contributed by atoms with Crippen LogP contribution in [0.2, 0.25) is 10.0 Å². The van der Waals surface area contributed by atoms with Gasteiger partial charge >= 0.3 is 0 Å². The molecule has 1 aliphatic heterocycles. The maximum absolute atomic E-state index is 12.5. The van der Waals surface area contributed by atoms with Gasteiger partial charge < -0.3 is 29.6 Å². The number of ether oxygens (including phenoxy) is 2. The van der Waals surface area contributed by atoms with Gasteiger partial charge in [0.2, 0.25) is 0 Å². The second-order valence-corrected chi connectivity index (χ2v) is 10.2. The zero-order valence-corrected chi connectivity index (χ0v) is 23.0. The number of nitrogens with zero attached hydrogens (tertiary/aromatic N) is 3. The Kier molecular flexibility index (Phi) is 9.91. The van der Waals surface area contributed by atoms with E-state index in [1.165, 1.54) is 70.4 Å². The number of rotatable bonds is 12. The first-order chi connectivity index (χ1) is 18.0. The van der Waals surface area contributed by atoms with E-state index in [0.717, 1.165) is 18.2 Å². The lowest BCUT2D eigenvalue weighted by Crippen LogP contribution is -2.44. The summed E-state index contributed by atoms with van der Waals surface area (Å²) in [5, 5.41) is 4.65. The lowest BCUT2D eigenvalue weighted by molar-refractivity contribution is 0.152. The van der Waals surface area contributed by atoms with Crippen molar-refractivity contribution in [3.8, 4) is 11.5 Å². The number of hydrogen-bond donors (Lipinski definition) is 2. The third-order valence-electron chi connectivity index (χ3n) is 6.73. The zero-order valence-electron chi connectivity index (χ0n) is 21.5. The van der Waals surface area contributed by atoms with Crippen LogP contribution < -0.4 is 20.3 Å². The summed E-state index contributed by atoms with van der Waals surface area (Å²) in [6.07, 6.45) is 8.67. The van der Waals surface area contributed by atoms with E-state index in [1.807, 2.05) is 12.1 Å². The molecule has 0 atom stereocenters. The van der Waals surface area contributed by atoms with Gasteiger partial charge in [0.15, 0.2) is 11.5 Å². The number of aromatic nitrogens is 2. The van der Waals surface area contributed by atoms with Gasteiger partial charge in [0.05, 0.1) is 40.7 Å². The minimum Gasteiger partial charge on any atom is -0.493 e. The zero-order chi connectivity index (χ0) is 26.2. The molecule has 1 aromatic carbocycles. The van der Waals surface area contributed by atoms with E-state index in [4.69, 9.17) is 32.7 Å². The first kappa shape index (κ1) is 27.5. The van der Waals surface area contributed by atoms with E-state index in [1.54, 1.807) is 7.11 Å². The molecule has 1 saturated heterocycles. The van der Waals surface area contributed by atoms with Crippen molar-refractivity contribution in [2.24, 2.45) is 0 Å². The summed E-state index contributed by atoms with van der Waals surface area (Å²) in [6, 6.07) is 5.16. The number of benzene rings is 1. The Morgan fingerprint density at radius 2 is 1.73 bits per heavy atom. The number of nitrogens with one attached hydrogen (secondary N) is 2. The van der Waals surface area contributed by atoms with Crippen molar-refractivity contribution in [1.29, 1.82) is 0 Å². The Labute approximate surface area is 227 Å².